The first-order chi connectivity index (χ1) is 5.29. The number of hydrogen-bond acceptors (Lipinski definition) is 3. The first-order valence-electron chi connectivity index (χ1n) is 4.45. The Bertz CT molecular complexity index is 139. The highest BCUT2D eigenvalue weighted by Crippen LogP contribution is 2.34. The van der Waals surface area contributed by atoms with Gasteiger partial charge in [-0.15, -0.1) is 0 Å². The Balaban J connectivity index is 1.65. The van der Waals surface area contributed by atoms with Crippen LogP contribution in [-0.4, -0.2) is 36.4 Å². The fourth-order valence-corrected chi connectivity index (χ4v) is 1.48. The molecule has 0 amide bonds. The van der Waals surface area contributed by atoms with E-state index in [2.05, 4.69) is 10.6 Å². The third kappa shape index (κ3) is 1.92. The molecule has 1 aliphatic carbocycles. The molecule has 0 aromatic carbocycles. The van der Waals surface area contributed by atoms with Crippen LogP contribution in [0.2, 0.25) is 0 Å². The molecule has 1 aliphatic heterocycles. The van der Waals surface area contributed by atoms with E-state index in [0.717, 1.165) is 32.5 Å². The summed E-state index contributed by atoms with van der Waals surface area (Å²) in [4.78, 5) is 0. The van der Waals surface area contributed by atoms with Crippen LogP contribution in [0.5, 0.6) is 0 Å². The van der Waals surface area contributed by atoms with E-state index < -0.39 is 0 Å². The lowest BCUT2D eigenvalue weighted by atomic mass is 10.2. The quantitative estimate of drug-likeness (QED) is 0.514. The molecule has 11 heavy (non-hydrogen) atoms. The zero-order valence-corrected chi connectivity index (χ0v) is 6.77. The van der Waals surface area contributed by atoms with Gasteiger partial charge in [-0.1, -0.05) is 0 Å². The molecule has 1 atom stereocenters. The molecule has 2 rings (SSSR count). The molecular weight excluding hydrogens is 140 g/mol. The molecule has 3 nitrogen and oxygen atoms in total. The second-order valence-corrected chi connectivity index (χ2v) is 3.79. The van der Waals surface area contributed by atoms with Crippen LogP contribution in [0.3, 0.4) is 0 Å². The molecule has 1 saturated heterocycles. The maximum Gasteiger partial charge on any atom is 0.0773 e. The second-order valence-electron chi connectivity index (χ2n) is 3.79. The van der Waals surface area contributed by atoms with Gasteiger partial charge in [0.1, 0.15) is 0 Å². The molecular formula is C8H16N2O. The first-order valence-corrected chi connectivity index (χ1v) is 4.45. The summed E-state index contributed by atoms with van der Waals surface area (Å²) in [6.45, 7) is 2.98. The van der Waals surface area contributed by atoms with E-state index in [1.54, 1.807) is 0 Å². The van der Waals surface area contributed by atoms with E-state index in [9.17, 15) is 5.11 Å². The highest BCUT2D eigenvalue weighted by Gasteiger charge is 2.40. The van der Waals surface area contributed by atoms with Gasteiger partial charge in [0.2, 0.25) is 0 Å². The van der Waals surface area contributed by atoms with E-state index in [0.29, 0.717) is 6.04 Å². The molecule has 3 heteroatoms. The highest BCUT2D eigenvalue weighted by atomic mass is 16.3. The molecule has 1 saturated carbocycles. The Labute approximate surface area is 67.2 Å². The van der Waals surface area contributed by atoms with Gasteiger partial charge < -0.3 is 15.7 Å². The Hall–Kier alpha value is -0.120. The summed E-state index contributed by atoms with van der Waals surface area (Å²) in [6, 6.07) is 0.597. The Morgan fingerprint density at radius 2 is 2.36 bits per heavy atom. The van der Waals surface area contributed by atoms with Crippen molar-refractivity contribution in [2.24, 2.45) is 0 Å². The van der Waals surface area contributed by atoms with Crippen LogP contribution in [0.15, 0.2) is 0 Å². The number of aliphatic hydroxyl groups is 1. The van der Waals surface area contributed by atoms with Crippen molar-refractivity contribution in [2.75, 3.05) is 19.6 Å². The third-order valence-electron chi connectivity index (χ3n) is 2.61. The largest absolute Gasteiger partial charge is 0.389 e. The van der Waals surface area contributed by atoms with Crippen LogP contribution in [0.1, 0.15) is 19.3 Å². The molecule has 64 valence electrons. The van der Waals surface area contributed by atoms with Gasteiger partial charge in [-0.2, -0.15) is 0 Å². The molecule has 0 aromatic rings. The zero-order chi connectivity index (χ0) is 7.73. The summed E-state index contributed by atoms with van der Waals surface area (Å²) in [7, 11) is 0. The average molecular weight is 156 g/mol. The van der Waals surface area contributed by atoms with E-state index in [1.807, 2.05) is 0 Å². The van der Waals surface area contributed by atoms with Gasteiger partial charge in [-0.3, -0.25) is 0 Å². The molecule has 0 spiro atoms. The van der Waals surface area contributed by atoms with Crippen molar-refractivity contribution in [3.63, 3.8) is 0 Å². The Morgan fingerprint density at radius 3 is 2.91 bits per heavy atom. The van der Waals surface area contributed by atoms with E-state index in [-0.39, 0.29) is 5.60 Å². The van der Waals surface area contributed by atoms with Crippen molar-refractivity contribution >= 4 is 0 Å². The minimum absolute atomic E-state index is 0.331. The minimum atomic E-state index is -0.331. The lowest BCUT2D eigenvalue weighted by Crippen LogP contribution is -2.37. The van der Waals surface area contributed by atoms with Crippen LogP contribution < -0.4 is 10.6 Å². The molecule has 3 N–H and O–H groups in total. The molecule has 2 fully saturated rings. The number of nitrogens with one attached hydrogen (secondary N) is 2. The Morgan fingerprint density at radius 1 is 1.55 bits per heavy atom. The maximum absolute atomic E-state index is 9.51. The van der Waals surface area contributed by atoms with E-state index in [4.69, 9.17) is 0 Å². The van der Waals surface area contributed by atoms with Gasteiger partial charge in [0.25, 0.3) is 0 Å². The van der Waals surface area contributed by atoms with Gasteiger partial charge in [-0.25, -0.2) is 0 Å². The summed E-state index contributed by atoms with van der Waals surface area (Å²) in [5, 5.41) is 16.2. The van der Waals surface area contributed by atoms with E-state index >= 15 is 0 Å². The van der Waals surface area contributed by atoms with Gasteiger partial charge in [0.05, 0.1) is 5.60 Å². The SMILES string of the molecule is OC1(CNC2CCNC2)CC1. The van der Waals surface area contributed by atoms with Crippen molar-refractivity contribution in [1.29, 1.82) is 0 Å². The number of hydrogen-bond donors (Lipinski definition) is 3. The Kier molecular flexibility index (Phi) is 1.87. The zero-order valence-electron chi connectivity index (χ0n) is 6.77. The van der Waals surface area contributed by atoms with Crippen molar-refractivity contribution in [3.8, 4) is 0 Å². The predicted octanol–water partition coefficient (Wildman–Crippen LogP) is -0.537. The lowest BCUT2D eigenvalue weighted by molar-refractivity contribution is 0.144. The average Bonchev–Trinajstić information content (AvgIpc) is 2.53. The van der Waals surface area contributed by atoms with Gasteiger partial charge >= 0.3 is 0 Å². The van der Waals surface area contributed by atoms with Crippen LogP contribution >= 0.6 is 0 Å². The summed E-state index contributed by atoms with van der Waals surface area (Å²) in [5.41, 5.74) is -0.331. The van der Waals surface area contributed by atoms with Crippen molar-refractivity contribution in [1.82, 2.24) is 10.6 Å². The standard InChI is InChI=1S/C8H16N2O/c11-8(2-3-8)6-10-7-1-4-9-5-7/h7,9-11H,1-6H2. The molecule has 1 heterocycles. The number of rotatable bonds is 3. The second kappa shape index (κ2) is 2.73. The fraction of sp³-hybridized carbons (Fsp3) is 1.00. The molecule has 0 bridgehead atoms. The summed E-state index contributed by atoms with van der Waals surface area (Å²) in [6.07, 6.45) is 3.18. The summed E-state index contributed by atoms with van der Waals surface area (Å²) >= 11 is 0. The highest BCUT2D eigenvalue weighted by molar-refractivity contribution is 4.96. The van der Waals surface area contributed by atoms with Crippen molar-refractivity contribution in [2.45, 2.75) is 30.9 Å². The smallest absolute Gasteiger partial charge is 0.0773 e. The summed E-state index contributed by atoms with van der Waals surface area (Å²) < 4.78 is 0. The van der Waals surface area contributed by atoms with Gasteiger partial charge in [0, 0.05) is 19.1 Å². The van der Waals surface area contributed by atoms with Crippen LogP contribution in [0.25, 0.3) is 0 Å². The van der Waals surface area contributed by atoms with E-state index in [1.165, 1.54) is 6.42 Å². The minimum Gasteiger partial charge on any atom is -0.389 e. The maximum atomic E-state index is 9.51. The summed E-state index contributed by atoms with van der Waals surface area (Å²) in [5.74, 6) is 0. The first kappa shape index (κ1) is 7.53. The topological polar surface area (TPSA) is 44.3 Å². The predicted molar refractivity (Wildman–Crippen MR) is 43.5 cm³/mol. The molecule has 0 aromatic heterocycles. The normalized spacial score (nSPS) is 34.1. The monoisotopic (exact) mass is 156 g/mol. The van der Waals surface area contributed by atoms with Crippen LogP contribution in [-0.2, 0) is 0 Å². The molecule has 2 aliphatic rings. The van der Waals surface area contributed by atoms with Crippen molar-refractivity contribution < 1.29 is 5.11 Å². The molecule has 0 radical (unpaired) electrons. The van der Waals surface area contributed by atoms with Crippen molar-refractivity contribution in [3.05, 3.63) is 0 Å². The van der Waals surface area contributed by atoms with Gasteiger partial charge in [-0.05, 0) is 25.8 Å². The van der Waals surface area contributed by atoms with Gasteiger partial charge in [0.15, 0.2) is 0 Å². The van der Waals surface area contributed by atoms with Crippen LogP contribution in [0, 0.1) is 0 Å². The third-order valence-corrected chi connectivity index (χ3v) is 2.61. The fourth-order valence-electron chi connectivity index (χ4n) is 1.48. The lowest BCUT2D eigenvalue weighted by Gasteiger charge is -2.13. The van der Waals surface area contributed by atoms with Crippen LogP contribution in [0.4, 0.5) is 0 Å². The molecule has 1 unspecified atom stereocenters.